The maximum Gasteiger partial charge on any atom is 0.309 e. The van der Waals surface area contributed by atoms with Gasteiger partial charge in [-0.25, -0.2) is 0 Å². The van der Waals surface area contributed by atoms with E-state index in [1.807, 2.05) is 31.2 Å². The second-order valence-corrected chi connectivity index (χ2v) is 3.35. The molecule has 14 heavy (non-hydrogen) atoms. The quantitative estimate of drug-likeness (QED) is 0.758. The number of hydrogen-bond acceptors (Lipinski definition) is 2. The number of carboxylic acids is 1. The van der Waals surface area contributed by atoms with Crippen LogP contribution in [0.2, 0.25) is 0 Å². The topological polar surface area (TPSA) is 57.5 Å². The molecular formula is C11H14O3. The van der Waals surface area contributed by atoms with Gasteiger partial charge in [0.25, 0.3) is 0 Å². The molecule has 0 bridgehead atoms. The van der Waals surface area contributed by atoms with Crippen LogP contribution in [0.15, 0.2) is 24.3 Å². The Kier molecular flexibility index (Phi) is 3.65. The Hall–Kier alpha value is -1.35. The largest absolute Gasteiger partial charge is 0.481 e. The van der Waals surface area contributed by atoms with Crippen LogP contribution in [0.1, 0.15) is 11.1 Å². The number of hydrogen-bond donors (Lipinski definition) is 2. The lowest BCUT2D eigenvalue weighted by atomic mass is 9.97. The first-order valence-electron chi connectivity index (χ1n) is 4.53. The second-order valence-electron chi connectivity index (χ2n) is 3.35. The molecule has 1 rings (SSSR count). The summed E-state index contributed by atoms with van der Waals surface area (Å²) >= 11 is 0. The molecule has 1 aromatic carbocycles. The molecule has 2 N–H and O–H groups in total. The average Bonchev–Trinajstić information content (AvgIpc) is 2.16. The van der Waals surface area contributed by atoms with Crippen LogP contribution in [0.4, 0.5) is 0 Å². The van der Waals surface area contributed by atoms with Crippen molar-refractivity contribution in [1.29, 1.82) is 0 Å². The Morgan fingerprint density at radius 2 is 2.07 bits per heavy atom. The maximum absolute atomic E-state index is 10.7. The molecule has 0 spiro atoms. The van der Waals surface area contributed by atoms with Gasteiger partial charge in [-0.2, -0.15) is 0 Å². The van der Waals surface area contributed by atoms with E-state index < -0.39 is 11.9 Å². The minimum atomic E-state index is -0.948. The van der Waals surface area contributed by atoms with Gasteiger partial charge >= 0.3 is 5.97 Å². The summed E-state index contributed by atoms with van der Waals surface area (Å²) in [5.74, 6) is -1.65. The fourth-order valence-electron chi connectivity index (χ4n) is 1.33. The Labute approximate surface area is 83.0 Å². The van der Waals surface area contributed by atoms with Gasteiger partial charge in [-0.05, 0) is 24.5 Å². The Bertz CT molecular complexity index is 320. The van der Waals surface area contributed by atoms with Crippen LogP contribution in [0, 0.1) is 12.8 Å². The molecule has 0 aromatic heterocycles. The van der Waals surface area contributed by atoms with Gasteiger partial charge in [-0.1, -0.05) is 24.3 Å². The van der Waals surface area contributed by atoms with E-state index in [1.54, 1.807) is 0 Å². The fourth-order valence-corrected chi connectivity index (χ4v) is 1.33. The van der Waals surface area contributed by atoms with Crippen LogP contribution in [0.3, 0.4) is 0 Å². The van der Waals surface area contributed by atoms with Crippen molar-refractivity contribution in [3.63, 3.8) is 0 Å². The molecule has 0 fully saturated rings. The zero-order valence-electron chi connectivity index (χ0n) is 8.10. The summed E-state index contributed by atoms with van der Waals surface area (Å²) in [5, 5.41) is 17.6. The molecule has 0 unspecified atom stereocenters. The molecule has 3 nitrogen and oxygen atoms in total. The predicted molar refractivity (Wildman–Crippen MR) is 53.1 cm³/mol. The van der Waals surface area contributed by atoms with Gasteiger partial charge in [-0.3, -0.25) is 4.79 Å². The highest BCUT2D eigenvalue weighted by atomic mass is 16.4. The van der Waals surface area contributed by atoms with Crippen molar-refractivity contribution >= 4 is 5.97 Å². The molecule has 0 saturated carbocycles. The highest BCUT2D eigenvalue weighted by Gasteiger charge is 2.17. The molecule has 0 amide bonds. The molecule has 0 heterocycles. The summed E-state index contributed by atoms with van der Waals surface area (Å²) in [5.41, 5.74) is 2.04. The molecule has 3 heteroatoms. The van der Waals surface area contributed by atoms with Gasteiger partial charge in [0.15, 0.2) is 0 Å². The monoisotopic (exact) mass is 194 g/mol. The maximum atomic E-state index is 10.7. The molecule has 0 saturated heterocycles. The third-order valence-corrected chi connectivity index (χ3v) is 2.30. The van der Waals surface area contributed by atoms with E-state index in [1.165, 1.54) is 0 Å². The van der Waals surface area contributed by atoms with E-state index in [9.17, 15) is 4.79 Å². The normalized spacial score (nSPS) is 12.4. The van der Waals surface area contributed by atoms with Gasteiger partial charge in [0.1, 0.15) is 0 Å². The summed E-state index contributed by atoms with van der Waals surface area (Å²) in [7, 11) is 0. The van der Waals surface area contributed by atoms with Crippen LogP contribution in [-0.4, -0.2) is 22.8 Å². The van der Waals surface area contributed by atoms with E-state index >= 15 is 0 Å². The third-order valence-electron chi connectivity index (χ3n) is 2.30. The number of rotatable bonds is 4. The van der Waals surface area contributed by atoms with E-state index in [-0.39, 0.29) is 6.61 Å². The first-order chi connectivity index (χ1) is 6.65. The van der Waals surface area contributed by atoms with Crippen molar-refractivity contribution in [2.75, 3.05) is 6.61 Å². The number of aliphatic carboxylic acids is 1. The number of carbonyl (C=O) groups is 1. The SMILES string of the molecule is Cc1ccccc1C[C@H](CO)C(=O)O. The van der Waals surface area contributed by atoms with E-state index in [0.717, 1.165) is 11.1 Å². The standard InChI is InChI=1S/C11H14O3/c1-8-4-2-3-5-9(8)6-10(7-12)11(13)14/h2-5,10,12H,6-7H2,1H3,(H,13,14)/t10-/m1/s1. The molecule has 0 aliphatic heterocycles. The molecule has 0 radical (unpaired) electrons. The lowest BCUT2D eigenvalue weighted by Gasteiger charge is -2.10. The van der Waals surface area contributed by atoms with Crippen LogP contribution in [0.25, 0.3) is 0 Å². The van der Waals surface area contributed by atoms with Gasteiger partial charge in [0.2, 0.25) is 0 Å². The van der Waals surface area contributed by atoms with Crippen LogP contribution in [-0.2, 0) is 11.2 Å². The number of benzene rings is 1. The van der Waals surface area contributed by atoms with Gasteiger partial charge < -0.3 is 10.2 Å². The summed E-state index contributed by atoms with van der Waals surface area (Å²) in [6.45, 7) is 1.62. The molecular weight excluding hydrogens is 180 g/mol. The van der Waals surface area contributed by atoms with Crippen molar-refractivity contribution in [1.82, 2.24) is 0 Å². The molecule has 1 aromatic rings. The highest BCUT2D eigenvalue weighted by molar-refractivity contribution is 5.70. The summed E-state index contributed by atoms with van der Waals surface area (Å²) in [4.78, 5) is 10.7. The summed E-state index contributed by atoms with van der Waals surface area (Å²) < 4.78 is 0. The first-order valence-corrected chi connectivity index (χ1v) is 4.53. The van der Waals surface area contributed by atoms with E-state index in [2.05, 4.69) is 0 Å². The lowest BCUT2D eigenvalue weighted by molar-refractivity contribution is -0.143. The number of carboxylic acid groups (broad SMARTS) is 1. The number of aryl methyl sites for hydroxylation is 1. The third kappa shape index (κ3) is 2.57. The molecule has 76 valence electrons. The molecule has 1 atom stereocenters. The summed E-state index contributed by atoms with van der Waals surface area (Å²) in [6.07, 6.45) is 0.387. The highest BCUT2D eigenvalue weighted by Crippen LogP contribution is 2.13. The minimum Gasteiger partial charge on any atom is -0.481 e. The minimum absolute atomic E-state index is 0.316. The summed E-state index contributed by atoms with van der Waals surface area (Å²) in [6, 6.07) is 7.61. The molecule has 0 aliphatic carbocycles. The van der Waals surface area contributed by atoms with Gasteiger partial charge in [0, 0.05) is 0 Å². The Balaban J connectivity index is 2.77. The van der Waals surface area contributed by atoms with Crippen molar-refractivity contribution in [3.8, 4) is 0 Å². The van der Waals surface area contributed by atoms with Gasteiger partial charge in [-0.15, -0.1) is 0 Å². The fraction of sp³-hybridized carbons (Fsp3) is 0.364. The van der Waals surface area contributed by atoms with Crippen LogP contribution >= 0.6 is 0 Å². The zero-order valence-corrected chi connectivity index (χ0v) is 8.10. The van der Waals surface area contributed by atoms with Crippen LogP contribution in [0.5, 0.6) is 0 Å². The van der Waals surface area contributed by atoms with Gasteiger partial charge in [0.05, 0.1) is 12.5 Å². The Morgan fingerprint density at radius 1 is 1.43 bits per heavy atom. The average molecular weight is 194 g/mol. The van der Waals surface area contributed by atoms with Crippen molar-refractivity contribution < 1.29 is 15.0 Å². The lowest BCUT2D eigenvalue weighted by Crippen LogP contribution is -2.20. The smallest absolute Gasteiger partial charge is 0.309 e. The number of aliphatic hydroxyl groups excluding tert-OH is 1. The van der Waals surface area contributed by atoms with Crippen LogP contribution < -0.4 is 0 Å². The second kappa shape index (κ2) is 4.77. The van der Waals surface area contributed by atoms with Crippen molar-refractivity contribution in [2.24, 2.45) is 5.92 Å². The predicted octanol–water partition coefficient (Wildman–Crippen LogP) is 1.23. The Morgan fingerprint density at radius 3 is 2.57 bits per heavy atom. The van der Waals surface area contributed by atoms with Crippen molar-refractivity contribution in [3.05, 3.63) is 35.4 Å². The number of aliphatic hydroxyl groups is 1. The van der Waals surface area contributed by atoms with E-state index in [4.69, 9.17) is 10.2 Å². The first kappa shape index (κ1) is 10.7. The van der Waals surface area contributed by atoms with E-state index in [0.29, 0.717) is 6.42 Å². The zero-order chi connectivity index (χ0) is 10.6. The molecule has 0 aliphatic rings. The van der Waals surface area contributed by atoms with Crippen molar-refractivity contribution in [2.45, 2.75) is 13.3 Å².